The molecule has 0 N–H and O–H groups in total. The van der Waals surface area contributed by atoms with Crippen molar-refractivity contribution in [2.24, 2.45) is 0 Å². The van der Waals surface area contributed by atoms with Gasteiger partial charge in [-0.05, 0) is 29.0 Å². The van der Waals surface area contributed by atoms with Crippen LogP contribution < -0.4 is 0 Å². The highest BCUT2D eigenvalue weighted by atomic mass is 15.0. The second-order valence-corrected chi connectivity index (χ2v) is 4.60. The molecule has 0 aliphatic carbocycles. The van der Waals surface area contributed by atoms with Crippen molar-refractivity contribution in [3.63, 3.8) is 0 Å². The smallest absolute Gasteiger partial charge is 0.144 e. The van der Waals surface area contributed by atoms with E-state index in [1.54, 1.807) is 0 Å². The van der Waals surface area contributed by atoms with Crippen molar-refractivity contribution in [3.05, 3.63) is 73.1 Å². The third kappa shape index (κ3) is 1.54. The van der Waals surface area contributed by atoms with Crippen LogP contribution in [0.15, 0.2) is 73.1 Å². The molecule has 0 aliphatic heterocycles. The highest BCUT2D eigenvalue weighted by Gasteiger charge is 2.06. The highest BCUT2D eigenvalue weighted by molar-refractivity contribution is 5.91. The van der Waals surface area contributed by atoms with Gasteiger partial charge in [-0.3, -0.25) is 0 Å². The fourth-order valence-corrected chi connectivity index (χ4v) is 2.56. The fourth-order valence-electron chi connectivity index (χ4n) is 2.56. The van der Waals surface area contributed by atoms with Gasteiger partial charge in [0.1, 0.15) is 5.82 Å². The van der Waals surface area contributed by atoms with Crippen molar-refractivity contribution in [1.82, 2.24) is 9.55 Å². The Labute approximate surface area is 110 Å². The second kappa shape index (κ2) is 3.95. The summed E-state index contributed by atoms with van der Waals surface area (Å²) >= 11 is 0. The molecule has 0 amide bonds. The molecule has 90 valence electrons. The lowest BCUT2D eigenvalue weighted by Gasteiger charge is -2.08. The predicted octanol–water partition coefficient (Wildman–Crippen LogP) is 4.18. The van der Waals surface area contributed by atoms with E-state index >= 15 is 0 Å². The Kier molecular flexibility index (Phi) is 2.15. The third-order valence-corrected chi connectivity index (χ3v) is 3.48. The van der Waals surface area contributed by atoms with Crippen molar-refractivity contribution in [2.45, 2.75) is 0 Å². The van der Waals surface area contributed by atoms with Gasteiger partial charge in [0, 0.05) is 17.8 Å². The van der Waals surface area contributed by atoms with Gasteiger partial charge in [-0.1, -0.05) is 42.5 Å². The van der Waals surface area contributed by atoms with Gasteiger partial charge in [-0.25, -0.2) is 4.98 Å². The average molecular weight is 244 g/mol. The summed E-state index contributed by atoms with van der Waals surface area (Å²) in [5.74, 6) is 0.985. The van der Waals surface area contributed by atoms with Crippen LogP contribution in [0.25, 0.3) is 27.5 Å². The van der Waals surface area contributed by atoms with Crippen LogP contribution in [0, 0.1) is 0 Å². The minimum absolute atomic E-state index is 0.985. The normalized spacial score (nSPS) is 11.2. The third-order valence-electron chi connectivity index (χ3n) is 3.48. The van der Waals surface area contributed by atoms with Crippen LogP contribution in [0.4, 0.5) is 0 Å². The number of hydrogen-bond donors (Lipinski definition) is 0. The summed E-state index contributed by atoms with van der Waals surface area (Å²) in [7, 11) is 0. The quantitative estimate of drug-likeness (QED) is 0.491. The van der Waals surface area contributed by atoms with Crippen LogP contribution in [0.2, 0.25) is 0 Å². The first-order valence-corrected chi connectivity index (χ1v) is 6.34. The van der Waals surface area contributed by atoms with E-state index in [0.29, 0.717) is 0 Å². The van der Waals surface area contributed by atoms with Crippen molar-refractivity contribution in [1.29, 1.82) is 0 Å². The fraction of sp³-hybridized carbons (Fsp3) is 0. The predicted molar refractivity (Wildman–Crippen MR) is 78.6 cm³/mol. The molecular formula is C17H12N2. The van der Waals surface area contributed by atoms with Gasteiger partial charge in [0.05, 0.1) is 5.52 Å². The van der Waals surface area contributed by atoms with Crippen LogP contribution in [-0.4, -0.2) is 9.55 Å². The Morgan fingerprint density at radius 2 is 1.53 bits per heavy atom. The van der Waals surface area contributed by atoms with E-state index in [-0.39, 0.29) is 0 Å². The maximum atomic E-state index is 4.56. The molecule has 2 aromatic heterocycles. The van der Waals surface area contributed by atoms with Crippen molar-refractivity contribution < 1.29 is 0 Å². The number of para-hydroxylation sites is 1. The maximum absolute atomic E-state index is 4.56. The molecule has 4 aromatic rings. The van der Waals surface area contributed by atoms with Crippen LogP contribution in [0.5, 0.6) is 0 Å². The van der Waals surface area contributed by atoms with E-state index in [2.05, 4.69) is 70.3 Å². The maximum Gasteiger partial charge on any atom is 0.144 e. The summed E-state index contributed by atoms with van der Waals surface area (Å²) < 4.78 is 2.15. The van der Waals surface area contributed by atoms with Crippen molar-refractivity contribution in [3.8, 4) is 5.82 Å². The molecule has 0 radical (unpaired) electrons. The van der Waals surface area contributed by atoms with Crippen LogP contribution in [0.3, 0.4) is 0 Å². The Balaban J connectivity index is 2.10. The summed E-state index contributed by atoms with van der Waals surface area (Å²) in [5.41, 5.74) is 1.19. The van der Waals surface area contributed by atoms with Crippen molar-refractivity contribution >= 4 is 21.7 Å². The number of rotatable bonds is 1. The molecular weight excluding hydrogens is 232 g/mol. The van der Waals surface area contributed by atoms with Crippen molar-refractivity contribution in [2.75, 3.05) is 0 Å². The molecule has 4 rings (SSSR count). The number of hydrogen-bond acceptors (Lipinski definition) is 1. The average Bonchev–Trinajstić information content (AvgIpc) is 2.90. The molecule has 0 saturated heterocycles. The minimum Gasteiger partial charge on any atom is -0.301 e. The summed E-state index contributed by atoms with van der Waals surface area (Å²) in [6, 6.07) is 20.9. The van der Waals surface area contributed by atoms with E-state index < -0.39 is 0 Å². The van der Waals surface area contributed by atoms with Gasteiger partial charge >= 0.3 is 0 Å². The monoisotopic (exact) mass is 244 g/mol. The molecule has 2 heterocycles. The zero-order chi connectivity index (χ0) is 12.7. The number of nitrogens with zero attached hydrogens (tertiary/aromatic N) is 2. The van der Waals surface area contributed by atoms with E-state index in [4.69, 9.17) is 0 Å². The van der Waals surface area contributed by atoms with Crippen LogP contribution in [0.1, 0.15) is 0 Å². The Bertz CT molecular complexity index is 869. The number of fused-ring (bicyclic) bond motifs is 2. The van der Waals surface area contributed by atoms with E-state index in [0.717, 1.165) is 5.82 Å². The first-order valence-electron chi connectivity index (χ1n) is 6.34. The van der Waals surface area contributed by atoms with E-state index in [9.17, 15) is 0 Å². The first-order chi connectivity index (χ1) is 9.43. The zero-order valence-electron chi connectivity index (χ0n) is 10.3. The Morgan fingerprint density at radius 1 is 0.737 bits per heavy atom. The SMILES string of the molecule is c1ccc2c(-n3ccc4ccccc43)nccc2c1. The molecule has 0 spiro atoms. The van der Waals surface area contributed by atoms with Gasteiger partial charge in [0.2, 0.25) is 0 Å². The van der Waals surface area contributed by atoms with Gasteiger partial charge in [-0.15, -0.1) is 0 Å². The molecule has 0 aliphatic rings. The molecule has 0 saturated carbocycles. The molecule has 0 unspecified atom stereocenters. The Hall–Kier alpha value is -2.61. The van der Waals surface area contributed by atoms with E-state index in [1.165, 1.54) is 21.7 Å². The lowest BCUT2D eigenvalue weighted by Crippen LogP contribution is -1.96. The first kappa shape index (κ1) is 10.3. The summed E-state index contributed by atoms with van der Waals surface area (Å²) in [6.07, 6.45) is 3.95. The highest BCUT2D eigenvalue weighted by Crippen LogP contribution is 2.24. The number of pyridine rings is 1. The Morgan fingerprint density at radius 3 is 2.47 bits per heavy atom. The standard InChI is InChI=1S/C17H12N2/c1-3-7-15-13(5-1)9-11-18-17(15)19-12-10-14-6-2-4-8-16(14)19/h1-12H. The topological polar surface area (TPSA) is 17.8 Å². The summed E-state index contributed by atoms with van der Waals surface area (Å²) in [4.78, 5) is 4.56. The number of aromatic nitrogens is 2. The van der Waals surface area contributed by atoms with Crippen LogP contribution >= 0.6 is 0 Å². The molecule has 0 bridgehead atoms. The lowest BCUT2D eigenvalue weighted by molar-refractivity contribution is 1.06. The zero-order valence-corrected chi connectivity index (χ0v) is 10.3. The second-order valence-electron chi connectivity index (χ2n) is 4.60. The van der Waals surface area contributed by atoms with Gasteiger partial charge in [-0.2, -0.15) is 0 Å². The molecule has 0 atom stereocenters. The molecule has 2 nitrogen and oxygen atoms in total. The van der Waals surface area contributed by atoms with Crippen LogP contribution in [-0.2, 0) is 0 Å². The number of benzene rings is 2. The lowest BCUT2D eigenvalue weighted by atomic mass is 10.1. The van der Waals surface area contributed by atoms with Gasteiger partial charge < -0.3 is 4.57 Å². The minimum atomic E-state index is 0.985. The molecule has 19 heavy (non-hydrogen) atoms. The van der Waals surface area contributed by atoms with Gasteiger partial charge in [0.15, 0.2) is 0 Å². The molecule has 0 fully saturated rings. The summed E-state index contributed by atoms with van der Waals surface area (Å²) in [5, 5.41) is 3.62. The summed E-state index contributed by atoms with van der Waals surface area (Å²) in [6.45, 7) is 0. The largest absolute Gasteiger partial charge is 0.301 e. The van der Waals surface area contributed by atoms with E-state index in [1.807, 2.05) is 12.3 Å². The molecule has 2 aromatic carbocycles. The molecule has 2 heteroatoms. The van der Waals surface area contributed by atoms with Gasteiger partial charge in [0.25, 0.3) is 0 Å².